The maximum absolute atomic E-state index is 12.3. The number of hydrogen-bond acceptors (Lipinski definition) is 3. The van der Waals surface area contributed by atoms with Crippen molar-refractivity contribution in [3.63, 3.8) is 0 Å². The summed E-state index contributed by atoms with van der Waals surface area (Å²) in [5, 5.41) is 0. The molecule has 0 bridgehead atoms. The van der Waals surface area contributed by atoms with Crippen molar-refractivity contribution in [1.82, 2.24) is 4.90 Å². The molecule has 20 heavy (non-hydrogen) atoms. The Balaban J connectivity index is 2.09. The van der Waals surface area contributed by atoms with Gasteiger partial charge in [-0.25, -0.2) is 4.79 Å². The van der Waals surface area contributed by atoms with Gasteiger partial charge in [0.25, 0.3) is 0 Å². The first-order valence-electron chi connectivity index (χ1n) is 7.11. The van der Waals surface area contributed by atoms with Crippen LogP contribution in [0.5, 0.6) is 0 Å². The first kappa shape index (κ1) is 14.7. The van der Waals surface area contributed by atoms with Crippen LogP contribution in [0, 0.1) is 6.92 Å². The Kier molecular flexibility index (Phi) is 3.93. The van der Waals surface area contributed by atoms with Crippen molar-refractivity contribution < 1.29 is 9.53 Å². The highest BCUT2D eigenvalue weighted by molar-refractivity contribution is 5.69. The van der Waals surface area contributed by atoms with E-state index in [1.165, 1.54) is 0 Å². The van der Waals surface area contributed by atoms with Gasteiger partial charge in [0.2, 0.25) is 0 Å². The topological polar surface area (TPSA) is 55.6 Å². The van der Waals surface area contributed by atoms with Gasteiger partial charge in [0.1, 0.15) is 5.60 Å². The van der Waals surface area contributed by atoms with Crippen LogP contribution in [0.1, 0.15) is 44.7 Å². The number of hydrogen-bond donors (Lipinski definition) is 1. The zero-order valence-corrected chi connectivity index (χ0v) is 12.8. The number of anilines is 1. The van der Waals surface area contributed by atoms with Gasteiger partial charge in [-0.1, -0.05) is 12.1 Å². The predicted octanol–water partition coefficient (Wildman–Crippen LogP) is 3.48. The number of amides is 1. The average Bonchev–Trinajstić information content (AvgIpc) is 3.12. The third kappa shape index (κ3) is 3.89. The molecule has 110 valence electrons. The second-order valence-corrected chi connectivity index (χ2v) is 6.53. The van der Waals surface area contributed by atoms with Crippen LogP contribution in [-0.4, -0.2) is 22.6 Å². The minimum atomic E-state index is -0.462. The van der Waals surface area contributed by atoms with Gasteiger partial charge in [-0.3, -0.25) is 0 Å². The molecule has 0 saturated heterocycles. The molecule has 0 unspecified atom stereocenters. The zero-order chi connectivity index (χ0) is 14.9. The number of ether oxygens (including phenoxy) is 1. The van der Waals surface area contributed by atoms with E-state index in [1.807, 2.05) is 50.8 Å². The Morgan fingerprint density at radius 1 is 1.40 bits per heavy atom. The van der Waals surface area contributed by atoms with E-state index >= 15 is 0 Å². The monoisotopic (exact) mass is 276 g/mol. The van der Waals surface area contributed by atoms with Crippen LogP contribution >= 0.6 is 0 Å². The first-order valence-corrected chi connectivity index (χ1v) is 7.11. The van der Waals surface area contributed by atoms with E-state index < -0.39 is 5.60 Å². The molecular weight excluding hydrogens is 252 g/mol. The molecule has 2 N–H and O–H groups in total. The lowest BCUT2D eigenvalue weighted by Gasteiger charge is -2.27. The summed E-state index contributed by atoms with van der Waals surface area (Å²) in [6, 6.07) is 6.26. The Labute approximate surface area is 120 Å². The van der Waals surface area contributed by atoms with Gasteiger partial charge >= 0.3 is 6.09 Å². The van der Waals surface area contributed by atoms with Crippen LogP contribution in [0.2, 0.25) is 0 Å². The molecule has 0 heterocycles. The van der Waals surface area contributed by atoms with Crippen molar-refractivity contribution in [2.24, 2.45) is 0 Å². The van der Waals surface area contributed by atoms with Gasteiger partial charge in [-0.15, -0.1) is 0 Å². The molecule has 1 amide bonds. The summed E-state index contributed by atoms with van der Waals surface area (Å²) >= 11 is 0. The Bertz CT molecular complexity index is 502. The molecule has 2 rings (SSSR count). The first-order chi connectivity index (χ1) is 9.26. The highest BCUT2D eigenvalue weighted by Crippen LogP contribution is 2.30. The molecular formula is C16H24N2O2. The lowest BCUT2D eigenvalue weighted by atomic mass is 10.1. The van der Waals surface area contributed by atoms with Gasteiger partial charge in [-0.2, -0.15) is 0 Å². The van der Waals surface area contributed by atoms with Gasteiger partial charge in [-0.05, 0) is 57.7 Å². The summed E-state index contributed by atoms with van der Waals surface area (Å²) in [6.07, 6.45) is 1.88. The number of nitrogens with zero attached hydrogens (tertiary/aromatic N) is 1. The van der Waals surface area contributed by atoms with E-state index in [1.54, 1.807) is 0 Å². The average molecular weight is 276 g/mol. The van der Waals surface area contributed by atoms with Crippen molar-refractivity contribution in [3.8, 4) is 0 Å². The van der Waals surface area contributed by atoms with Crippen LogP contribution < -0.4 is 5.73 Å². The highest BCUT2D eigenvalue weighted by Gasteiger charge is 2.35. The third-order valence-electron chi connectivity index (χ3n) is 3.31. The van der Waals surface area contributed by atoms with Crippen molar-refractivity contribution in [2.45, 2.75) is 58.7 Å². The van der Waals surface area contributed by atoms with Crippen molar-refractivity contribution in [2.75, 3.05) is 5.73 Å². The number of nitrogens with two attached hydrogens (primary N) is 1. The van der Waals surface area contributed by atoms with Gasteiger partial charge in [0.05, 0.1) is 0 Å². The highest BCUT2D eigenvalue weighted by atomic mass is 16.6. The fourth-order valence-electron chi connectivity index (χ4n) is 2.03. The predicted molar refractivity (Wildman–Crippen MR) is 80.4 cm³/mol. The molecule has 0 aliphatic heterocycles. The lowest BCUT2D eigenvalue weighted by Crippen LogP contribution is -2.37. The van der Waals surface area contributed by atoms with E-state index in [2.05, 4.69) is 0 Å². The maximum Gasteiger partial charge on any atom is 0.410 e. The van der Waals surface area contributed by atoms with Gasteiger partial charge < -0.3 is 15.4 Å². The minimum Gasteiger partial charge on any atom is -0.444 e. The molecule has 1 aliphatic rings. The molecule has 1 aromatic carbocycles. The summed E-state index contributed by atoms with van der Waals surface area (Å²) in [7, 11) is 0. The van der Waals surface area contributed by atoms with E-state index in [0.717, 1.165) is 29.7 Å². The van der Waals surface area contributed by atoms with E-state index in [9.17, 15) is 4.79 Å². The lowest BCUT2D eigenvalue weighted by molar-refractivity contribution is 0.0217. The van der Waals surface area contributed by atoms with Gasteiger partial charge in [0, 0.05) is 18.3 Å². The number of nitrogen functional groups attached to an aromatic ring is 1. The fourth-order valence-corrected chi connectivity index (χ4v) is 2.03. The standard InChI is InChI=1S/C16H24N2O2/c1-11-5-6-12(9-14(11)17)10-18(13-7-8-13)15(19)20-16(2,3)4/h5-6,9,13H,7-8,10,17H2,1-4H3. The Morgan fingerprint density at radius 2 is 2.05 bits per heavy atom. The number of carbonyl (C=O) groups is 1. The van der Waals surface area contributed by atoms with E-state index in [4.69, 9.17) is 10.5 Å². The normalized spacial score (nSPS) is 15.0. The van der Waals surface area contributed by atoms with Crippen molar-refractivity contribution in [3.05, 3.63) is 29.3 Å². The summed E-state index contributed by atoms with van der Waals surface area (Å²) in [5.74, 6) is 0. The smallest absolute Gasteiger partial charge is 0.410 e. The van der Waals surface area contributed by atoms with Crippen LogP contribution in [0.25, 0.3) is 0 Å². The number of aryl methyl sites for hydroxylation is 1. The molecule has 1 saturated carbocycles. The second kappa shape index (κ2) is 5.35. The Hall–Kier alpha value is -1.71. The molecule has 4 nitrogen and oxygen atoms in total. The minimum absolute atomic E-state index is 0.237. The molecule has 1 fully saturated rings. The zero-order valence-electron chi connectivity index (χ0n) is 12.8. The summed E-state index contributed by atoms with van der Waals surface area (Å²) in [4.78, 5) is 14.1. The van der Waals surface area contributed by atoms with Crippen molar-refractivity contribution >= 4 is 11.8 Å². The molecule has 1 aromatic rings. The van der Waals surface area contributed by atoms with Crippen LogP contribution in [-0.2, 0) is 11.3 Å². The quantitative estimate of drug-likeness (QED) is 0.860. The maximum atomic E-state index is 12.3. The van der Waals surface area contributed by atoms with E-state index in [-0.39, 0.29) is 6.09 Å². The van der Waals surface area contributed by atoms with E-state index in [0.29, 0.717) is 12.6 Å². The number of rotatable bonds is 3. The third-order valence-corrected chi connectivity index (χ3v) is 3.31. The Morgan fingerprint density at radius 3 is 2.55 bits per heavy atom. The van der Waals surface area contributed by atoms with Crippen LogP contribution in [0.3, 0.4) is 0 Å². The summed E-state index contributed by atoms with van der Waals surface area (Å²) < 4.78 is 5.48. The molecule has 0 aromatic heterocycles. The SMILES string of the molecule is Cc1ccc(CN(C(=O)OC(C)(C)C)C2CC2)cc1N. The van der Waals surface area contributed by atoms with Crippen LogP contribution in [0.4, 0.5) is 10.5 Å². The van der Waals surface area contributed by atoms with Gasteiger partial charge in [0.15, 0.2) is 0 Å². The largest absolute Gasteiger partial charge is 0.444 e. The second-order valence-electron chi connectivity index (χ2n) is 6.53. The molecule has 4 heteroatoms. The number of benzene rings is 1. The molecule has 1 aliphatic carbocycles. The summed E-state index contributed by atoms with van der Waals surface area (Å²) in [5.41, 5.74) is 8.34. The van der Waals surface area contributed by atoms with Crippen LogP contribution in [0.15, 0.2) is 18.2 Å². The fraction of sp³-hybridized carbons (Fsp3) is 0.562. The molecule has 0 atom stereocenters. The molecule has 0 spiro atoms. The van der Waals surface area contributed by atoms with Crippen molar-refractivity contribution in [1.29, 1.82) is 0 Å². The molecule has 0 radical (unpaired) electrons. The number of carbonyl (C=O) groups excluding carboxylic acids is 1. The summed E-state index contributed by atoms with van der Waals surface area (Å²) in [6.45, 7) is 8.20.